The molecule has 0 radical (unpaired) electrons. The van der Waals surface area contributed by atoms with Crippen LogP contribution in [0.15, 0.2) is 131 Å². The summed E-state index contributed by atoms with van der Waals surface area (Å²) in [4.78, 5) is -0.541. The molecule has 5 aromatic rings. The second kappa shape index (κ2) is 14.2. The Morgan fingerprint density at radius 1 is 0.783 bits per heavy atom. The van der Waals surface area contributed by atoms with Crippen LogP contribution >= 0.6 is 12.0 Å². The smallest absolute Gasteiger partial charge is 0.296 e. The number of benzene rings is 5. The Kier molecular flexibility index (Phi) is 9.91. The normalized spacial score (nSPS) is 12.2. The van der Waals surface area contributed by atoms with Crippen LogP contribution in [0.4, 0.5) is 45.5 Å². The van der Waals surface area contributed by atoms with Crippen LogP contribution in [0.3, 0.4) is 0 Å². The van der Waals surface area contributed by atoms with Crippen molar-refractivity contribution in [3.8, 4) is 5.75 Å². The second-order valence-electron chi connectivity index (χ2n) is 9.23. The molecule has 0 aliphatic carbocycles. The number of anilines is 2. The van der Waals surface area contributed by atoms with Crippen LogP contribution in [0.25, 0.3) is 10.8 Å². The van der Waals surface area contributed by atoms with Gasteiger partial charge in [-0.1, -0.05) is 47.5 Å². The average molecular weight is 661 g/mol. The first-order valence-corrected chi connectivity index (χ1v) is 15.3. The first kappa shape index (κ1) is 32.1. The summed E-state index contributed by atoms with van der Waals surface area (Å²) in [5.74, 6) is -0.477. The number of nitrogen functional groups attached to an aromatic ring is 1. The molecular formula is C29H24N8O7S2. The maximum Gasteiger partial charge on any atom is 0.296 e. The van der Waals surface area contributed by atoms with Crippen molar-refractivity contribution in [3.05, 3.63) is 91.0 Å². The van der Waals surface area contributed by atoms with Crippen LogP contribution in [-0.2, 0) is 19.5 Å². The molecule has 0 aromatic heterocycles. The molecule has 46 heavy (non-hydrogen) atoms. The van der Waals surface area contributed by atoms with E-state index in [1.165, 1.54) is 12.1 Å². The number of nitrogens with two attached hydrogens (primary N) is 1. The second-order valence-corrected chi connectivity index (χ2v) is 11.4. The molecule has 0 aliphatic rings. The predicted octanol–water partition coefficient (Wildman–Crippen LogP) is 9.09. The van der Waals surface area contributed by atoms with Crippen molar-refractivity contribution < 1.29 is 32.7 Å². The molecule has 5 rings (SSSR count). The SMILES string of the molecule is CNc1cc(N=Nc2c(SOOO)cc3ccc(N=Nc4ccccc4)c(N)c3c2O)c(S(=O)(=O)O)cc1N=Nc1ccccc1. The lowest BCUT2D eigenvalue weighted by molar-refractivity contribution is -0.432. The Balaban J connectivity index is 1.62. The van der Waals surface area contributed by atoms with Crippen LogP contribution in [0.1, 0.15) is 0 Å². The molecule has 234 valence electrons. The van der Waals surface area contributed by atoms with Gasteiger partial charge in [-0.2, -0.15) is 18.6 Å². The van der Waals surface area contributed by atoms with Gasteiger partial charge in [0, 0.05) is 7.05 Å². The summed E-state index contributed by atoms with van der Waals surface area (Å²) in [6.07, 6.45) is 0. The third kappa shape index (κ3) is 7.32. The van der Waals surface area contributed by atoms with E-state index < -0.39 is 20.8 Å². The summed E-state index contributed by atoms with van der Waals surface area (Å²) in [5, 5.41) is 52.0. The van der Waals surface area contributed by atoms with Gasteiger partial charge in [-0.25, -0.2) is 5.26 Å². The molecule has 0 spiro atoms. The fraction of sp³-hybridized carbons (Fsp3) is 0.0345. The zero-order valence-electron chi connectivity index (χ0n) is 23.7. The number of rotatable bonds is 11. The lowest BCUT2D eigenvalue weighted by Crippen LogP contribution is -2.00. The minimum absolute atomic E-state index is 0.0613. The lowest BCUT2D eigenvalue weighted by atomic mass is 10.1. The maximum absolute atomic E-state index is 12.4. The Hall–Kier alpha value is -5.30. The van der Waals surface area contributed by atoms with E-state index in [-0.39, 0.29) is 38.7 Å². The van der Waals surface area contributed by atoms with E-state index in [1.54, 1.807) is 73.8 Å². The van der Waals surface area contributed by atoms with E-state index in [9.17, 15) is 18.1 Å². The van der Waals surface area contributed by atoms with Gasteiger partial charge in [0.25, 0.3) is 10.1 Å². The summed E-state index contributed by atoms with van der Waals surface area (Å²) < 4.78 is 39.4. The molecule has 0 bridgehead atoms. The Morgan fingerprint density at radius 2 is 1.39 bits per heavy atom. The molecule has 6 N–H and O–H groups in total. The predicted molar refractivity (Wildman–Crippen MR) is 172 cm³/mol. The van der Waals surface area contributed by atoms with Crippen molar-refractivity contribution in [2.24, 2.45) is 30.7 Å². The van der Waals surface area contributed by atoms with E-state index in [0.29, 0.717) is 34.5 Å². The van der Waals surface area contributed by atoms with Crippen molar-refractivity contribution in [1.29, 1.82) is 0 Å². The minimum atomic E-state index is -4.85. The summed E-state index contributed by atoms with van der Waals surface area (Å²) in [6, 6.07) is 24.7. The van der Waals surface area contributed by atoms with Crippen molar-refractivity contribution in [2.75, 3.05) is 18.1 Å². The molecule has 0 unspecified atom stereocenters. The van der Waals surface area contributed by atoms with Crippen LogP contribution in [0.2, 0.25) is 0 Å². The number of aromatic hydroxyl groups is 1. The first-order valence-electron chi connectivity index (χ1n) is 13.1. The Bertz CT molecular complexity index is 2080. The molecule has 5 aromatic carbocycles. The van der Waals surface area contributed by atoms with E-state index in [1.807, 2.05) is 6.07 Å². The number of nitrogens with zero attached hydrogens (tertiary/aromatic N) is 6. The van der Waals surface area contributed by atoms with Crippen molar-refractivity contribution in [2.45, 2.75) is 9.79 Å². The van der Waals surface area contributed by atoms with E-state index in [2.05, 4.69) is 45.4 Å². The van der Waals surface area contributed by atoms with Crippen LogP contribution in [0, 0.1) is 0 Å². The van der Waals surface area contributed by atoms with Crippen molar-refractivity contribution >= 4 is 78.4 Å². The summed E-state index contributed by atoms with van der Waals surface area (Å²) in [6.45, 7) is 0. The Morgan fingerprint density at radius 3 is 1.98 bits per heavy atom. The quantitative estimate of drug-likeness (QED) is 0.0225. The fourth-order valence-corrected chi connectivity index (χ4v) is 5.32. The zero-order chi connectivity index (χ0) is 32.7. The third-order valence-electron chi connectivity index (χ3n) is 6.33. The van der Waals surface area contributed by atoms with Gasteiger partial charge in [0.2, 0.25) is 0 Å². The van der Waals surface area contributed by atoms with Gasteiger partial charge in [0.05, 0.1) is 45.1 Å². The van der Waals surface area contributed by atoms with Gasteiger partial charge in [0.1, 0.15) is 27.6 Å². The molecule has 0 heterocycles. The number of fused-ring (bicyclic) bond motifs is 1. The van der Waals surface area contributed by atoms with Gasteiger partial charge < -0.3 is 16.2 Å². The first-order chi connectivity index (χ1) is 22.2. The highest BCUT2D eigenvalue weighted by Crippen LogP contribution is 2.48. The van der Waals surface area contributed by atoms with Gasteiger partial charge >= 0.3 is 0 Å². The molecule has 0 amide bonds. The minimum Gasteiger partial charge on any atom is -0.505 e. The molecule has 0 saturated carbocycles. The zero-order valence-corrected chi connectivity index (χ0v) is 25.3. The standard InChI is InChI=1S/C29H24N8O7S2/c1-31-21-15-23(25(46(40,41)42)16-22(21)35-33-19-10-6-3-7-11-19)36-37-28-24(45-44-43-39)14-17-12-13-20(27(30)26(17)29(28)38)34-32-18-8-4-2-5-9-18/h2-16,31,38-39H,30H2,1H3,(H,40,41,42). The number of phenols is 1. The number of hydrogen-bond acceptors (Lipinski definition) is 15. The number of hydrogen-bond donors (Lipinski definition) is 5. The molecule has 0 fully saturated rings. The highest BCUT2D eigenvalue weighted by molar-refractivity contribution is 7.94. The summed E-state index contributed by atoms with van der Waals surface area (Å²) >= 11 is 0.477. The topological polar surface area (TPSA) is 226 Å². The van der Waals surface area contributed by atoms with Gasteiger partial charge in [-0.15, -0.1) is 24.8 Å². The summed E-state index contributed by atoms with van der Waals surface area (Å²) in [5.41, 5.74) is 7.63. The van der Waals surface area contributed by atoms with Crippen molar-refractivity contribution in [1.82, 2.24) is 0 Å². The van der Waals surface area contributed by atoms with Crippen LogP contribution < -0.4 is 11.1 Å². The highest BCUT2D eigenvalue weighted by Gasteiger charge is 2.22. The van der Waals surface area contributed by atoms with Gasteiger partial charge in [-0.3, -0.25) is 4.55 Å². The fourth-order valence-electron chi connectivity index (χ4n) is 4.20. The maximum atomic E-state index is 12.4. The Labute approximate surface area is 266 Å². The van der Waals surface area contributed by atoms with Gasteiger partial charge in [0.15, 0.2) is 5.75 Å². The van der Waals surface area contributed by atoms with Crippen molar-refractivity contribution in [3.63, 3.8) is 0 Å². The number of nitrogens with one attached hydrogen (secondary N) is 1. The highest BCUT2D eigenvalue weighted by atomic mass is 32.2. The van der Waals surface area contributed by atoms with Crippen LogP contribution in [-0.4, -0.2) is 30.4 Å². The molecule has 0 aliphatic heterocycles. The van der Waals surface area contributed by atoms with E-state index in [0.717, 1.165) is 6.07 Å². The molecule has 0 saturated heterocycles. The van der Waals surface area contributed by atoms with E-state index >= 15 is 0 Å². The number of azo groups is 3. The average Bonchev–Trinajstić information content (AvgIpc) is 3.06. The third-order valence-corrected chi connectivity index (χ3v) is 7.83. The summed E-state index contributed by atoms with van der Waals surface area (Å²) in [7, 11) is -3.28. The monoisotopic (exact) mass is 660 g/mol. The molecule has 15 nitrogen and oxygen atoms in total. The number of phenolic OH excluding ortho intramolecular Hbond substituents is 1. The lowest BCUT2D eigenvalue weighted by Gasteiger charge is -2.12. The molecule has 17 heteroatoms. The van der Waals surface area contributed by atoms with E-state index in [4.69, 9.17) is 11.0 Å². The van der Waals surface area contributed by atoms with Gasteiger partial charge in [-0.05, 0) is 53.9 Å². The largest absolute Gasteiger partial charge is 0.505 e. The molecular weight excluding hydrogens is 637 g/mol. The van der Waals surface area contributed by atoms with Crippen LogP contribution in [0.5, 0.6) is 5.75 Å². The molecule has 0 atom stereocenters.